The highest BCUT2D eigenvalue weighted by Crippen LogP contribution is 2.24. The molecule has 4 rings (SSSR count). The molecule has 5 nitrogen and oxygen atoms in total. The number of hydrogen-bond acceptors (Lipinski definition) is 5. The molecular weight excluding hydrogens is 401 g/mol. The monoisotopic (exact) mass is 427 g/mol. The summed E-state index contributed by atoms with van der Waals surface area (Å²) >= 11 is 1.81. The molecule has 158 valence electrons. The summed E-state index contributed by atoms with van der Waals surface area (Å²) < 4.78 is 19.5. The van der Waals surface area contributed by atoms with Crippen LogP contribution in [0.15, 0.2) is 52.4 Å². The van der Waals surface area contributed by atoms with E-state index in [1.54, 1.807) is 29.5 Å². The molecule has 7 heteroatoms. The number of carbonyl (C=O) groups is 1. The quantitative estimate of drug-likeness (QED) is 0.575. The van der Waals surface area contributed by atoms with Crippen molar-refractivity contribution in [1.82, 2.24) is 15.2 Å². The van der Waals surface area contributed by atoms with E-state index in [0.29, 0.717) is 36.0 Å². The molecule has 0 unspecified atom stereocenters. The summed E-state index contributed by atoms with van der Waals surface area (Å²) in [6, 6.07) is 10.7. The molecule has 1 amide bonds. The second-order valence-electron chi connectivity index (χ2n) is 7.70. The van der Waals surface area contributed by atoms with Crippen LogP contribution in [0.1, 0.15) is 30.0 Å². The van der Waals surface area contributed by atoms with Gasteiger partial charge in [0.25, 0.3) is 0 Å². The van der Waals surface area contributed by atoms with Gasteiger partial charge in [-0.3, -0.25) is 9.69 Å². The fraction of sp³-hybridized carbons (Fsp3) is 0.391. The third kappa shape index (κ3) is 5.55. The average Bonchev–Trinajstić information content (AvgIpc) is 3.44. The number of likely N-dealkylation sites (tertiary alicyclic amines) is 1. The SMILES string of the molecule is O=C(CCc1ncc(-c2ccccc2F)o1)NCC1CCN(Cc2cccs2)CC1. The van der Waals surface area contributed by atoms with E-state index in [2.05, 4.69) is 32.7 Å². The first-order valence-electron chi connectivity index (χ1n) is 10.4. The van der Waals surface area contributed by atoms with Crippen molar-refractivity contribution in [2.24, 2.45) is 5.92 Å². The van der Waals surface area contributed by atoms with Crippen molar-refractivity contribution < 1.29 is 13.6 Å². The van der Waals surface area contributed by atoms with Crippen molar-refractivity contribution in [3.63, 3.8) is 0 Å². The Balaban J connectivity index is 1.16. The molecule has 3 heterocycles. The van der Waals surface area contributed by atoms with Crippen LogP contribution in [-0.2, 0) is 17.8 Å². The van der Waals surface area contributed by atoms with E-state index in [0.717, 1.165) is 39.0 Å². The van der Waals surface area contributed by atoms with Gasteiger partial charge in [-0.25, -0.2) is 9.37 Å². The van der Waals surface area contributed by atoms with Gasteiger partial charge in [-0.2, -0.15) is 0 Å². The third-order valence-corrected chi connectivity index (χ3v) is 6.37. The highest BCUT2D eigenvalue weighted by atomic mass is 32.1. The zero-order chi connectivity index (χ0) is 20.8. The molecule has 1 aliphatic rings. The smallest absolute Gasteiger partial charge is 0.220 e. The number of nitrogens with zero attached hydrogens (tertiary/aromatic N) is 2. The van der Waals surface area contributed by atoms with Gasteiger partial charge in [0.2, 0.25) is 5.91 Å². The van der Waals surface area contributed by atoms with Crippen LogP contribution in [0.4, 0.5) is 4.39 Å². The van der Waals surface area contributed by atoms with Crippen LogP contribution in [0.2, 0.25) is 0 Å². The zero-order valence-corrected chi connectivity index (χ0v) is 17.7. The van der Waals surface area contributed by atoms with Gasteiger partial charge in [0.05, 0.1) is 11.8 Å². The number of oxazole rings is 1. The Morgan fingerprint density at radius 3 is 2.83 bits per heavy atom. The average molecular weight is 428 g/mol. The Kier molecular flexibility index (Phi) is 6.92. The predicted molar refractivity (Wildman–Crippen MR) is 116 cm³/mol. The topological polar surface area (TPSA) is 58.4 Å². The number of hydrogen-bond donors (Lipinski definition) is 1. The maximum atomic E-state index is 13.8. The minimum absolute atomic E-state index is 0.00153. The van der Waals surface area contributed by atoms with Gasteiger partial charge < -0.3 is 9.73 Å². The van der Waals surface area contributed by atoms with Gasteiger partial charge >= 0.3 is 0 Å². The molecular formula is C23H26FN3O2S. The number of piperidine rings is 1. The minimum atomic E-state index is -0.348. The fourth-order valence-corrected chi connectivity index (χ4v) is 4.50. The molecule has 1 aliphatic heterocycles. The Bertz CT molecular complexity index is 949. The summed E-state index contributed by atoms with van der Waals surface area (Å²) in [5, 5.41) is 5.17. The molecule has 0 radical (unpaired) electrons. The highest BCUT2D eigenvalue weighted by Gasteiger charge is 2.20. The number of aromatic nitrogens is 1. The Hall–Kier alpha value is -2.51. The molecule has 0 spiro atoms. The summed E-state index contributed by atoms with van der Waals surface area (Å²) in [4.78, 5) is 20.3. The first-order chi connectivity index (χ1) is 14.7. The number of amides is 1. The number of aryl methyl sites for hydroxylation is 1. The van der Waals surface area contributed by atoms with Gasteiger partial charge in [0.1, 0.15) is 5.82 Å². The summed E-state index contributed by atoms with van der Waals surface area (Å²) in [5.74, 6) is 1.02. The number of rotatable bonds is 8. The first-order valence-corrected chi connectivity index (χ1v) is 11.3. The minimum Gasteiger partial charge on any atom is -0.441 e. The second-order valence-corrected chi connectivity index (χ2v) is 8.73. The van der Waals surface area contributed by atoms with E-state index in [1.165, 1.54) is 17.1 Å². The lowest BCUT2D eigenvalue weighted by atomic mass is 9.96. The Morgan fingerprint density at radius 2 is 2.07 bits per heavy atom. The van der Waals surface area contributed by atoms with E-state index in [-0.39, 0.29) is 11.7 Å². The number of thiophene rings is 1. The van der Waals surface area contributed by atoms with Crippen LogP contribution >= 0.6 is 11.3 Å². The molecule has 1 saturated heterocycles. The molecule has 2 aromatic heterocycles. The Morgan fingerprint density at radius 1 is 1.23 bits per heavy atom. The molecule has 1 aromatic carbocycles. The summed E-state index contributed by atoms with van der Waals surface area (Å²) in [5.41, 5.74) is 0.381. The van der Waals surface area contributed by atoms with Crippen molar-refractivity contribution in [1.29, 1.82) is 0 Å². The van der Waals surface area contributed by atoms with E-state index in [9.17, 15) is 9.18 Å². The summed E-state index contributed by atoms with van der Waals surface area (Å²) in [7, 11) is 0. The van der Waals surface area contributed by atoms with Crippen LogP contribution in [0.3, 0.4) is 0 Å². The molecule has 0 atom stereocenters. The highest BCUT2D eigenvalue weighted by molar-refractivity contribution is 7.09. The first kappa shape index (κ1) is 20.8. The van der Waals surface area contributed by atoms with Crippen molar-refractivity contribution >= 4 is 17.2 Å². The Labute approximate surface area is 179 Å². The second kappa shape index (κ2) is 10.00. The number of carbonyl (C=O) groups excluding carboxylic acids is 1. The normalized spacial score (nSPS) is 15.4. The molecule has 30 heavy (non-hydrogen) atoms. The van der Waals surface area contributed by atoms with E-state index >= 15 is 0 Å². The lowest BCUT2D eigenvalue weighted by Gasteiger charge is -2.31. The van der Waals surface area contributed by atoms with Crippen LogP contribution in [0.25, 0.3) is 11.3 Å². The van der Waals surface area contributed by atoms with Gasteiger partial charge in [-0.1, -0.05) is 18.2 Å². The van der Waals surface area contributed by atoms with Crippen molar-refractivity contribution in [2.45, 2.75) is 32.2 Å². The molecule has 1 fully saturated rings. The largest absolute Gasteiger partial charge is 0.441 e. The van der Waals surface area contributed by atoms with Crippen molar-refractivity contribution in [2.75, 3.05) is 19.6 Å². The standard InChI is InChI=1S/C23H26FN3O2S/c24-20-6-2-1-5-19(20)21-15-26-23(29-21)8-7-22(28)25-14-17-9-11-27(12-10-17)16-18-4-3-13-30-18/h1-6,13,15,17H,7-12,14,16H2,(H,25,28). The maximum Gasteiger partial charge on any atom is 0.220 e. The third-order valence-electron chi connectivity index (χ3n) is 5.51. The molecule has 1 N–H and O–H groups in total. The molecule has 0 saturated carbocycles. The van der Waals surface area contributed by atoms with E-state index in [4.69, 9.17) is 4.42 Å². The van der Waals surface area contributed by atoms with Gasteiger partial charge in [-0.15, -0.1) is 11.3 Å². The maximum absolute atomic E-state index is 13.8. The molecule has 3 aromatic rings. The fourth-order valence-electron chi connectivity index (χ4n) is 3.75. The van der Waals surface area contributed by atoms with E-state index < -0.39 is 0 Å². The van der Waals surface area contributed by atoms with Crippen LogP contribution in [-0.4, -0.2) is 35.4 Å². The van der Waals surface area contributed by atoms with E-state index in [1.807, 2.05) is 0 Å². The number of benzene rings is 1. The number of halogens is 1. The van der Waals surface area contributed by atoms with Crippen LogP contribution in [0, 0.1) is 11.7 Å². The summed E-state index contributed by atoms with van der Waals surface area (Å²) in [6.07, 6.45) is 4.44. The molecule has 0 aliphatic carbocycles. The van der Waals surface area contributed by atoms with Gasteiger partial charge in [0.15, 0.2) is 11.7 Å². The number of nitrogens with one attached hydrogen (secondary N) is 1. The van der Waals surface area contributed by atoms with Crippen molar-refractivity contribution in [3.05, 3.63) is 64.6 Å². The predicted octanol–water partition coefficient (Wildman–Crippen LogP) is 4.50. The zero-order valence-electron chi connectivity index (χ0n) is 16.9. The van der Waals surface area contributed by atoms with Crippen LogP contribution < -0.4 is 5.32 Å². The lowest BCUT2D eigenvalue weighted by molar-refractivity contribution is -0.121. The van der Waals surface area contributed by atoms with Gasteiger partial charge in [-0.05, 0) is 55.4 Å². The lowest BCUT2D eigenvalue weighted by Crippen LogP contribution is -2.38. The van der Waals surface area contributed by atoms with Crippen molar-refractivity contribution in [3.8, 4) is 11.3 Å². The van der Waals surface area contributed by atoms with Crippen LogP contribution in [0.5, 0.6) is 0 Å². The molecule has 0 bridgehead atoms. The van der Waals surface area contributed by atoms with Gasteiger partial charge in [0, 0.05) is 30.8 Å². The summed E-state index contributed by atoms with van der Waals surface area (Å²) in [6.45, 7) is 3.90.